The number of carboxylic acids is 1. The molecule has 0 aliphatic rings. The lowest BCUT2D eigenvalue weighted by Crippen LogP contribution is -2.27. The van der Waals surface area contributed by atoms with Gasteiger partial charge < -0.3 is 15.6 Å². The van der Waals surface area contributed by atoms with Crippen molar-refractivity contribution < 1.29 is 27.9 Å². The molecule has 0 saturated carbocycles. The first-order valence-corrected chi connectivity index (χ1v) is 7.50. The molecule has 1 rings (SSSR count). The Morgan fingerprint density at radius 1 is 1.38 bits per heavy atom. The third-order valence-electron chi connectivity index (χ3n) is 2.20. The normalized spacial score (nSPS) is 11.1. The van der Waals surface area contributed by atoms with Crippen molar-refractivity contribution >= 4 is 33.5 Å². The van der Waals surface area contributed by atoms with Gasteiger partial charge in [-0.2, -0.15) is 0 Å². The molecule has 4 N–H and O–H groups in total. The van der Waals surface area contributed by atoms with Crippen molar-refractivity contribution in [1.82, 2.24) is 4.72 Å². The lowest BCUT2D eigenvalue weighted by Gasteiger charge is -2.12. The quantitative estimate of drug-likeness (QED) is 0.609. The molecule has 116 valence electrons. The molecule has 0 radical (unpaired) electrons. The first kappa shape index (κ1) is 17.2. The Balaban J connectivity index is 2.99. The Morgan fingerprint density at radius 2 is 2.05 bits per heavy atom. The molecule has 8 nitrogen and oxygen atoms in total. The topological polar surface area (TPSA) is 136 Å². The highest BCUT2D eigenvalue weighted by molar-refractivity contribution is 7.89. The highest BCUT2D eigenvalue weighted by atomic mass is 35.5. The van der Waals surface area contributed by atoms with Crippen molar-refractivity contribution in [1.29, 1.82) is 0 Å². The Kier molecular flexibility index (Phi) is 5.94. The van der Waals surface area contributed by atoms with E-state index in [-0.39, 0.29) is 28.6 Å². The summed E-state index contributed by atoms with van der Waals surface area (Å²) in [6.07, 6.45) is -0.378. The molecule has 0 bridgehead atoms. The van der Waals surface area contributed by atoms with Crippen molar-refractivity contribution in [3.8, 4) is 5.75 Å². The van der Waals surface area contributed by atoms with Crippen LogP contribution in [0.4, 0.5) is 0 Å². The van der Waals surface area contributed by atoms with E-state index >= 15 is 0 Å². The molecule has 0 atom stereocenters. The number of hydrogen-bond acceptors (Lipinski definition) is 5. The number of sulfonamides is 1. The summed E-state index contributed by atoms with van der Waals surface area (Å²) in [5, 5.41) is 8.63. The van der Waals surface area contributed by atoms with E-state index in [1.807, 2.05) is 0 Å². The van der Waals surface area contributed by atoms with E-state index in [1.165, 1.54) is 12.1 Å². The van der Waals surface area contributed by atoms with E-state index in [0.717, 1.165) is 6.07 Å². The van der Waals surface area contributed by atoms with Gasteiger partial charge in [0, 0.05) is 11.6 Å². The summed E-state index contributed by atoms with van der Waals surface area (Å²) in [7, 11) is -4.03. The second kappa shape index (κ2) is 7.25. The number of carboxylic acid groups (broad SMARTS) is 1. The standard InChI is InChI=1S/C11H13ClN2O6S/c12-7-1-2-8(20-6-10(13)15)9(5-7)21(18,19)14-4-3-11(16)17/h1-2,5,14H,3-4,6H2,(H2,13,15)(H,16,17). The zero-order valence-electron chi connectivity index (χ0n) is 10.7. The van der Waals surface area contributed by atoms with Gasteiger partial charge in [-0.05, 0) is 18.2 Å². The number of carbonyl (C=O) groups is 2. The van der Waals surface area contributed by atoms with E-state index in [9.17, 15) is 18.0 Å². The molecule has 1 aromatic rings. The third-order valence-corrected chi connectivity index (χ3v) is 3.91. The van der Waals surface area contributed by atoms with Crippen LogP contribution < -0.4 is 15.2 Å². The molecule has 0 spiro atoms. The fourth-order valence-electron chi connectivity index (χ4n) is 1.33. The molecule has 0 aliphatic heterocycles. The summed E-state index contributed by atoms with van der Waals surface area (Å²) >= 11 is 5.74. The first-order chi connectivity index (χ1) is 9.72. The van der Waals surface area contributed by atoms with E-state index < -0.39 is 28.5 Å². The Bertz CT molecular complexity index is 646. The van der Waals surface area contributed by atoms with Gasteiger partial charge in [0.2, 0.25) is 10.0 Å². The first-order valence-electron chi connectivity index (χ1n) is 5.64. The number of carbonyl (C=O) groups excluding carboxylic acids is 1. The van der Waals surface area contributed by atoms with E-state index in [2.05, 4.69) is 4.72 Å². The maximum Gasteiger partial charge on any atom is 0.304 e. The molecule has 21 heavy (non-hydrogen) atoms. The van der Waals surface area contributed by atoms with Gasteiger partial charge >= 0.3 is 5.97 Å². The SMILES string of the molecule is NC(=O)COc1ccc(Cl)cc1S(=O)(=O)NCCC(=O)O. The minimum atomic E-state index is -4.03. The molecule has 0 aliphatic carbocycles. The van der Waals surface area contributed by atoms with Crippen molar-refractivity contribution in [2.24, 2.45) is 5.73 Å². The van der Waals surface area contributed by atoms with Gasteiger partial charge in [-0.1, -0.05) is 11.6 Å². The zero-order valence-corrected chi connectivity index (χ0v) is 12.3. The number of amides is 1. The number of nitrogens with two attached hydrogens (primary N) is 1. The number of halogens is 1. The monoisotopic (exact) mass is 336 g/mol. The largest absolute Gasteiger partial charge is 0.482 e. The average molecular weight is 337 g/mol. The lowest BCUT2D eigenvalue weighted by molar-refractivity contribution is -0.136. The number of rotatable bonds is 8. The second-order valence-electron chi connectivity index (χ2n) is 3.89. The molecule has 1 amide bonds. The van der Waals surface area contributed by atoms with Crippen LogP contribution in [0.5, 0.6) is 5.75 Å². The predicted molar refractivity (Wildman–Crippen MR) is 73.6 cm³/mol. The van der Waals surface area contributed by atoms with Gasteiger partial charge in [0.25, 0.3) is 5.91 Å². The molecule has 0 heterocycles. The highest BCUT2D eigenvalue weighted by Gasteiger charge is 2.20. The molecule has 0 saturated heterocycles. The minimum Gasteiger partial charge on any atom is -0.482 e. The predicted octanol–water partition coefficient (Wildman–Crippen LogP) is -0.0429. The Morgan fingerprint density at radius 3 is 2.62 bits per heavy atom. The molecular weight excluding hydrogens is 324 g/mol. The van der Waals surface area contributed by atoms with Crippen LogP contribution in [0.2, 0.25) is 5.02 Å². The summed E-state index contributed by atoms with van der Waals surface area (Å²) in [4.78, 5) is 20.8. The molecule has 1 aromatic carbocycles. The van der Waals surface area contributed by atoms with Crippen LogP contribution in [0.15, 0.2) is 23.1 Å². The van der Waals surface area contributed by atoms with Crippen LogP contribution >= 0.6 is 11.6 Å². The molecular formula is C11H13ClN2O6S. The summed E-state index contributed by atoms with van der Waals surface area (Å²) in [6, 6.07) is 3.78. The van der Waals surface area contributed by atoms with Gasteiger partial charge in [0.05, 0.1) is 6.42 Å². The van der Waals surface area contributed by atoms with Crippen LogP contribution in [0, 0.1) is 0 Å². The van der Waals surface area contributed by atoms with Crippen LogP contribution in [0.25, 0.3) is 0 Å². The summed E-state index contributed by atoms with van der Waals surface area (Å²) in [5.41, 5.74) is 4.92. The maximum absolute atomic E-state index is 12.1. The Hall–Kier alpha value is -1.84. The number of hydrogen-bond donors (Lipinski definition) is 3. The lowest BCUT2D eigenvalue weighted by atomic mass is 10.3. The number of primary amides is 1. The molecule has 10 heteroatoms. The third kappa shape index (κ3) is 5.58. The van der Waals surface area contributed by atoms with Gasteiger partial charge in [0.15, 0.2) is 6.61 Å². The van der Waals surface area contributed by atoms with Crippen LogP contribution in [-0.4, -0.2) is 38.6 Å². The van der Waals surface area contributed by atoms with Gasteiger partial charge in [-0.25, -0.2) is 13.1 Å². The number of aliphatic carboxylic acids is 1. The maximum atomic E-state index is 12.1. The number of benzene rings is 1. The highest BCUT2D eigenvalue weighted by Crippen LogP contribution is 2.27. The number of ether oxygens (including phenoxy) is 1. The fourth-order valence-corrected chi connectivity index (χ4v) is 2.77. The van der Waals surface area contributed by atoms with Gasteiger partial charge in [-0.3, -0.25) is 9.59 Å². The smallest absolute Gasteiger partial charge is 0.304 e. The summed E-state index contributed by atoms with van der Waals surface area (Å²) in [5.74, 6) is -2.03. The molecule has 0 unspecified atom stereocenters. The van der Waals surface area contributed by atoms with E-state index in [0.29, 0.717) is 0 Å². The van der Waals surface area contributed by atoms with Crippen LogP contribution in [0.1, 0.15) is 6.42 Å². The van der Waals surface area contributed by atoms with Crippen LogP contribution in [-0.2, 0) is 19.6 Å². The second-order valence-corrected chi connectivity index (χ2v) is 6.06. The van der Waals surface area contributed by atoms with Crippen molar-refractivity contribution in [3.05, 3.63) is 23.2 Å². The van der Waals surface area contributed by atoms with Crippen molar-refractivity contribution in [2.75, 3.05) is 13.2 Å². The zero-order chi connectivity index (χ0) is 16.0. The van der Waals surface area contributed by atoms with E-state index in [1.54, 1.807) is 0 Å². The van der Waals surface area contributed by atoms with Crippen LogP contribution in [0.3, 0.4) is 0 Å². The van der Waals surface area contributed by atoms with Crippen molar-refractivity contribution in [2.45, 2.75) is 11.3 Å². The van der Waals surface area contributed by atoms with Gasteiger partial charge in [-0.15, -0.1) is 0 Å². The Labute approximate surface area is 125 Å². The van der Waals surface area contributed by atoms with Gasteiger partial charge in [0.1, 0.15) is 10.6 Å². The van der Waals surface area contributed by atoms with E-state index in [4.69, 9.17) is 27.2 Å². The summed E-state index contributed by atoms with van der Waals surface area (Å²) < 4.78 is 31.2. The molecule has 0 fully saturated rings. The fraction of sp³-hybridized carbons (Fsp3) is 0.273. The molecule has 0 aromatic heterocycles. The summed E-state index contributed by atoms with van der Waals surface area (Å²) in [6.45, 7) is -0.793. The van der Waals surface area contributed by atoms with Crippen molar-refractivity contribution in [3.63, 3.8) is 0 Å². The number of nitrogens with one attached hydrogen (secondary N) is 1. The minimum absolute atomic E-state index is 0.110. The average Bonchev–Trinajstić information content (AvgIpc) is 2.36.